The monoisotopic (exact) mass is 389 g/mol. The van der Waals surface area contributed by atoms with Gasteiger partial charge in [0.25, 0.3) is 0 Å². The summed E-state index contributed by atoms with van der Waals surface area (Å²) in [6.45, 7) is 0. The largest absolute Gasteiger partial charge is 0.352 e. The number of hydrogen-bond acceptors (Lipinski definition) is 5. The lowest BCUT2D eigenvalue weighted by atomic mass is 10.1. The molecule has 0 bridgehead atoms. The SMILES string of the molecule is c1cncc(-c2cncc3[nH]c(-c4n[nH]c5ncc(-c6ccncc6)cc45)cc23)c1. The molecule has 0 radical (unpaired) electrons. The Morgan fingerprint density at radius 2 is 1.63 bits per heavy atom. The Morgan fingerprint density at radius 1 is 0.700 bits per heavy atom. The van der Waals surface area contributed by atoms with E-state index in [1.807, 2.05) is 49.1 Å². The quantitative estimate of drug-likeness (QED) is 0.460. The lowest BCUT2D eigenvalue weighted by Gasteiger charge is -2.01. The van der Waals surface area contributed by atoms with Crippen molar-refractivity contribution in [2.75, 3.05) is 0 Å². The molecule has 2 N–H and O–H groups in total. The van der Waals surface area contributed by atoms with Crippen LogP contribution in [0, 0.1) is 0 Å². The summed E-state index contributed by atoms with van der Waals surface area (Å²) in [7, 11) is 0. The van der Waals surface area contributed by atoms with Crippen molar-refractivity contribution >= 4 is 21.9 Å². The number of rotatable bonds is 3. The van der Waals surface area contributed by atoms with Crippen LogP contribution in [0.3, 0.4) is 0 Å². The highest BCUT2D eigenvalue weighted by atomic mass is 15.2. The Labute approximate surface area is 170 Å². The number of fused-ring (bicyclic) bond motifs is 2. The van der Waals surface area contributed by atoms with Gasteiger partial charge >= 0.3 is 0 Å². The van der Waals surface area contributed by atoms with Crippen LogP contribution in [-0.4, -0.2) is 35.1 Å². The third-order valence-electron chi connectivity index (χ3n) is 5.20. The Kier molecular flexibility index (Phi) is 3.64. The molecule has 0 saturated carbocycles. The standard InChI is InChI=1S/C23H15N7/c1-2-15(10-25-5-1)19-12-26-13-21-17(19)9-20(28-21)22-18-8-16(11-27-23(18)30-29-22)14-3-6-24-7-4-14/h1-13,28H,(H,27,29,30). The molecular weight excluding hydrogens is 374 g/mol. The van der Waals surface area contributed by atoms with Crippen molar-refractivity contribution in [3.63, 3.8) is 0 Å². The molecule has 7 heteroatoms. The van der Waals surface area contributed by atoms with Gasteiger partial charge in [-0.05, 0) is 35.9 Å². The normalized spacial score (nSPS) is 11.3. The minimum Gasteiger partial charge on any atom is -0.352 e. The van der Waals surface area contributed by atoms with Gasteiger partial charge in [0.05, 0.1) is 17.4 Å². The first-order valence-corrected chi connectivity index (χ1v) is 9.49. The van der Waals surface area contributed by atoms with E-state index in [0.29, 0.717) is 0 Å². The van der Waals surface area contributed by atoms with E-state index < -0.39 is 0 Å². The summed E-state index contributed by atoms with van der Waals surface area (Å²) >= 11 is 0. The maximum absolute atomic E-state index is 4.55. The van der Waals surface area contributed by atoms with Crippen LogP contribution in [0.15, 0.2) is 79.8 Å². The zero-order chi connectivity index (χ0) is 19.9. The van der Waals surface area contributed by atoms with Crippen LogP contribution in [0.25, 0.3) is 55.6 Å². The Balaban J connectivity index is 1.52. The molecule has 6 aromatic rings. The maximum atomic E-state index is 4.55. The van der Waals surface area contributed by atoms with Crippen LogP contribution in [-0.2, 0) is 0 Å². The topological polar surface area (TPSA) is 96.0 Å². The highest BCUT2D eigenvalue weighted by Crippen LogP contribution is 2.33. The predicted octanol–water partition coefficient (Wildman–Crippen LogP) is 4.63. The van der Waals surface area contributed by atoms with Crippen molar-refractivity contribution in [2.24, 2.45) is 0 Å². The van der Waals surface area contributed by atoms with Crippen LogP contribution in [0.1, 0.15) is 0 Å². The van der Waals surface area contributed by atoms with Crippen LogP contribution < -0.4 is 0 Å². The average Bonchev–Trinajstić information content (AvgIpc) is 3.43. The first-order chi connectivity index (χ1) is 14.9. The van der Waals surface area contributed by atoms with Crippen LogP contribution in [0.5, 0.6) is 0 Å². The van der Waals surface area contributed by atoms with Crippen molar-refractivity contribution in [2.45, 2.75) is 0 Å². The summed E-state index contributed by atoms with van der Waals surface area (Å²) in [4.78, 5) is 20.7. The van der Waals surface area contributed by atoms with E-state index >= 15 is 0 Å². The van der Waals surface area contributed by atoms with Gasteiger partial charge in [0.2, 0.25) is 0 Å². The number of nitrogens with one attached hydrogen (secondary N) is 2. The molecule has 0 saturated heterocycles. The molecular formula is C23H15N7. The van der Waals surface area contributed by atoms with Crippen LogP contribution in [0.2, 0.25) is 0 Å². The lowest BCUT2D eigenvalue weighted by Crippen LogP contribution is -1.83. The van der Waals surface area contributed by atoms with Gasteiger partial charge < -0.3 is 4.98 Å². The van der Waals surface area contributed by atoms with Gasteiger partial charge in [-0.3, -0.25) is 20.1 Å². The number of pyridine rings is 4. The number of H-pyrrole nitrogens is 2. The Morgan fingerprint density at radius 3 is 2.50 bits per heavy atom. The number of aromatic nitrogens is 7. The molecule has 0 aliphatic carbocycles. The molecule has 6 aromatic heterocycles. The van der Waals surface area contributed by atoms with Crippen LogP contribution >= 0.6 is 0 Å². The molecule has 7 nitrogen and oxygen atoms in total. The van der Waals surface area contributed by atoms with E-state index in [9.17, 15) is 0 Å². The molecule has 6 rings (SSSR count). The number of nitrogens with zero attached hydrogens (tertiary/aromatic N) is 5. The van der Waals surface area contributed by atoms with Gasteiger partial charge in [0, 0.05) is 64.6 Å². The third-order valence-corrected chi connectivity index (χ3v) is 5.20. The van der Waals surface area contributed by atoms with Gasteiger partial charge in [0.15, 0.2) is 5.65 Å². The van der Waals surface area contributed by atoms with E-state index in [-0.39, 0.29) is 0 Å². The van der Waals surface area contributed by atoms with E-state index in [4.69, 9.17) is 0 Å². The maximum Gasteiger partial charge on any atom is 0.155 e. The van der Waals surface area contributed by atoms with Crippen molar-refractivity contribution in [3.8, 4) is 33.6 Å². The minimum absolute atomic E-state index is 0.743. The fourth-order valence-corrected chi connectivity index (χ4v) is 3.74. The summed E-state index contributed by atoms with van der Waals surface area (Å²) in [5.41, 5.74) is 7.54. The van der Waals surface area contributed by atoms with E-state index in [1.54, 1.807) is 18.6 Å². The summed E-state index contributed by atoms with van der Waals surface area (Å²) in [6, 6.07) is 12.1. The van der Waals surface area contributed by atoms with Crippen molar-refractivity contribution < 1.29 is 0 Å². The zero-order valence-corrected chi connectivity index (χ0v) is 15.7. The fraction of sp³-hybridized carbons (Fsp3) is 0. The van der Waals surface area contributed by atoms with Crippen molar-refractivity contribution in [3.05, 3.63) is 79.8 Å². The lowest BCUT2D eigenvalue weighted by molar-refractivity contribution is 1.10. The summed E-state index contributed by atoms with van der Waals surface area (Å²) < 4.78 is 0. The molecule has 0 unspecified atom stereocenters. The highest BCUT2D eigenvalue weighted by Gasteiger charge is 2.15. The Hall–Kier alpha value is -4.39. The average molecular weight is 389 g/mol. The van der Waals surface area contributed by atoms with E-state index in [1.165, 1.54) is 0 Å². The van der Waals surface area contributed by atoms with Crippen LogP contribution in [0.4, 0.5) is 0 Å². The van der Waals surface area contributed by atoms with Gasteiger partial charge in [-0.25, -0.2) is 4.98 Å². The van der Waals surface area contributed by atoms with Crippen molar-refractivity contribution in [1.29, 1.82) is 0 Å². The molecule has 142 valence electrons. The molecule has 0 fully saturated rings. The number of aromatic amines is 2. The molecule has 0 atom stereocenters. The molecule has 0 spiro atoms. The summed E-state index contributed by atoms with van der Waals surface area (Å²) in [5.74, 6) is 0. The molecule has 6 heterocycles. The van der Waals surface area contributed by atoms with Gasteiger partial charge in [-0.2, -0.15) is 5.10 Å². The smallest absolute Gasteiger partial charge is 0.155 e. The van der Waals surface area contributed by atoms with Gasteiger partial charge in [-0.15, -0.1) is 0 Å². The first-order valence-electron chi connectivity index (χ1n) is 9.49. The number of hydrogen-bond donors (Lipinski definition) is 2. The summed E-state index contributed by atoms with van der Waals surface area (Å²) in [6.07, 6.45) is 12.7. The molecule has 0 aliphatic rings. The minimum atomic E-state index is 0.743. The van der Waals surface area contributed by atoms with Gasteiger partial charge in [0.1, 0.15) is 5.69 Å². The molecule has 0 amide bonds. The van der Waals surface area contributed by atoms with E-state index in [2.05, 4.69) is 47.2 Å². The fourth-order valence-electron chi connectivity index (χ4n) is 3.74. The third kappa shape index (κ3) is 2.64. The first kappa shape index (κ1) is 16.6. The second kappa shape index (κ2) is 6.59. The zero-order valence-electron chi connectivity index (χ0n) is 15.7. The summed E-state index contributed by atoms with van der Waals surface area (Å²) in [5, 5.41) is 9.59. The van der Waals surface area contributed by atoms with Crippen molar-refractivity contribution in [1.82, 2.24) is 35.1 Å². The van der Waals surface area contributed by atoms with E-state index in [0.717, 1.165) is 55.6 Å². The van der Waals surface area contributed by atoms with Gasteiger partial charge in [-0.1, -0.05) is 6.07 Å². The molecule has 0 aromatic carbocycles. The second-order valence-electron chi connectivity index (χ2n) is 7.00. The molecule has 30 heavy (non-hydrogen) atoms. The Bertz CT molecular complexity index is 1480. The predicted molar refractivity (Wildman–Crippen MR) is 115 cm³/mol. The second-order valence-corrected chi connectivity index (χ2v) is 7.00. The molecule has 0 aliphatic heterocycles. The highest BCUT2D eigenvalue weighted by molar-refractivity contribution is 6.00.